The van der Waals surface area contributed by atoms with Gasteiger partial charge < -0.3 is 10.2 Å². The number of carbonyl (C=O) groups excluding carboxylic acids is 2. The van der Waals surface area contributed by atoms with Gasteiger partial charge in [-0.25, -0.2) is 8.42 Å². The van der Waals surface area contributed by atoms with Crippen molar-refractivity contribution in [2.75, 3.05) is 10.8 Å². The predicted octanol–water partition coefficient (Wildman–Crippen LogP) is 5.82. The first-order valence-electron chi connectivity index (χ1n) is 13.6. The molecule has 0 fully saturated rings. The zero-order valence-corrected chi connectivity index (χ0v) is 25.1. The highest BCUT2D eigenvalue weighted by Crippen LogP contribution is 2.26. The molecular weight excluding hydrogens is 546 g/mol. The Labute approximate surface area is 243 Å². The van der Waals surface area contributed by atoms with E-state index in [1.54, 1.807) is 48.5 Å². The molecule has 0 saturated carbocycles. The van der Waals surface area contributed by atoms with Gasteiger partial charge in [0.15, 0.2) is 0 Å². The van der Waals surface area contributed by atoms with Crippen LogP contribution in [0.15, 0.2) is 83.8 Å². The Morgan fingerprint density at radius 2 is 1.50 bits per heavy atom. The number of anilines is 1. The highest BCUT2D eigenvalue weighted by molar-refractivity contribution is 7.92. The number of carbonyl (C=O) groups is 2. The Bertz CT molecular complexity index is 1380. The Morgan fingerprint density at radius 3 is 2.08 bits per heavy atom. The number of nitrogens with zero attached hydrogens (tertiary/aromatic N) is 2. The molecule has 3 aromatic rings. The first-order valence-corrected chi connectivity index (χ1v) is 15.4. The molecule has 9 heteroatoms. The molecule has 0 aliphatic heterocycles. The van der Waals surface area contributed by atoms with E-state index >= 15 is 0 Å². The van der Waals surface area contributed by atoms with E-state index in [2.05, 4.69) is 5.32 Å². The van der Waals surface area contributed by atoms with Crippen LogP contribution in [0.5, 0.6) is 0 Å². The van der Waals surface area contributed by atoms with Crippen molar-refractivity contribution in [1.29, 1.82) is 0 Å². The van der Waals surface area contributed by atoms with Gasteiger partial charge in [0.1, 0.15) is 12.6 Å². The molecule has 0 bridgehead atoms. The summed E-state index contributed by atoms with van der Waals surface area (Å²) in [6.07, 6.45) is 1.87. The standard InChI is InChI=1S/C31H38ClN3O4S/c1-5-23(4)33-31(37)29(7-3)34(21-25-13-11-12-16-28(25)32)30(36)22-35(26-19-17-24(6-2)18-20-26)40(38,39)27-14-9-8-10-15-27/h8-20,23,29H,5-7,21-22H2,1-4H3,(H,33,37)/t23-,29+/m1/s1. The van der Waals surface area contributed by atoms with Gasteiger partial charge in [-0.3, -0.25) is 13.9 Å². The van der Waals surface area contributed by atoms with Gasteiger partial charge in [-0.05, 0) is 67.6 Å². The van der Waals surface area contributed by atoms with Crippen LogP contribution in [0.2, 0.25) is 5.02 Å². The molecule has 0 aliphatic carbocycles. The predicted molar refractivity (Wildman–Crippen MR) is 161 cm³/mol. The number of sulfonamides is 1. The second kappa shape index (κ2) is 14.3. The molecule has 3 rings (SSSR count). The molecule has 0 spiro atoms. The molecule has 0 unspecified atom stereocenters. The van der Waals surface area contributed by atoms with Crippen molar-refractivity contribution in [1.82, 2.24) is 10.2 Å². The second-order valence-electron chi connectivity index (χ2n) is 9.70. The molecule has 0 heterocycles. The summed E-state index contributed by atoms with van der Waals surface area (Å²) in [5, 5.41) is 3.43. The molecule has 214 valence electrons. The number of benzene rings is 3. The average Bonchev–Trinajstić information content (AvgIpc) is 2.97. The summed E-state index contributed by atoms with van der Waals surface area (Å²) in [5.41, 5.74) is 2.07. The minimum Gasteiger partial charge on any atom is -0.352 e. The van der Waals surface area contributed by atoms with Gasteiger partial charge in [-0.15, -0.1) is 0 Å². The van der Waals surface area contributed by atoms with E-state index in [4.69, 9.17) is 11.6 Å². The topological polar surface area (TPSA) is 86.8 Å². The van der Waals surface area contributed by atoms with Crippen LogP contribution in [-0.4, -0.2) is 43.8 Å². The number of hydrogen-bond acceptors (Lipinski definition) is 4. The lowest BCUT2D eigenvalue weighted by Crippen LogP contribution is -2.53. The number of rotatable bonds is 13. The third kappa shape index (κ3) is 7.64. The number of amides is 2. The smallest absolute Gasteiger partial charge is 0.264 e. The van der Waals surface area contributed by atoms with Gasteiger partial charge in [0.25, 0.3) is 10.0 Å². The second-order valence-corrected chi connectivity index (χ2v) is 12.0. The fourth-order valence-electron chi connectivity index (χ4n) is 4.32. The van der Waals surface area contributed by atoms with Crippen molar-refractivity contribution >= 4 is 39.1 Å². The molecule has 0 radical (unpaired) electrons. The normalized spacial score (nSPS) is 12.8. The van der Waals surface area contributed by atoms with Crippen molar-refractivity contribution in [3.63, 3.8) is 0 Å². The summed E-state index contributed by atoms with van der Waals surface area (Å²) in [4.78, 5) is 28.9. The van der Waals surface area contributed by atoms with Crippen molar-refractivity contribution in [3.8, 4) is 0 Å². The molecule has 2 amide bonds. The average molecular weight is 584 g/mol. The minimum atomic E-state index is -4.10. The molecular formula is C31H38ClN3O4S. The van der Waals surface area contributed by atoms with Crippen LogP contribution in [0.1, 0.15) is 51.7 Å². The fourth-order valence-corrected chi connectivity index (χ4v) is 5.95. The van der Waals surface area contributed by atoms with Crippen LogP contribution in [0, 0.1) is 0 Å². The minimum absolute atomic E-state index is 0.0545. The first-order chi connectivity index (χ1) is 19.1. The van der Waals surface area contributed by atoms with Gasteiger partial charge in [-0.2, -0.15) is 0 Å². The summed E-state index contributed by atoms with van der Waals surface area (Å²) in [6.45, 7) is 7.28. The summed E-state index contributed by atoms with van der Waals surface area (Å²) in [6, 6.07) is 21.4. The van der Waals surface area contributed by atoms with Crippen LogP contribution >= 0.6 is 11.6 Å². The lowest BCUT2D eigenvalue weighted by molar-refractivity contribution is -0.140. The molecule has 1 N–H and O–H groups in total. The first kappa shape index (κ1) is 31.2. The Kier molecular flexibility index (Phi) is 11.2. The molecule has 7 nitrogen and oxygen atoms in total. The highest BCUT2D eigenvalue weighted by Gasteiger charge is 2.34. The monoisotopic (exact) mass is 583 g/mol. The van der Waals surface area contributed by atoms with Crippen molar-refractivity contribution in [3.05, 3.63) is 95.0 Å². The Morgan fingerprint density at radius 1 is 0.875 bits per heavy atom. The summed E-state index contributed by atoms with van der Waals surface area (Å²) in [5.74, 6) is -0.799. The highest BCUT2D eigenvalue weighted by atomic mass is 35.5. The maximum atomic E-state index is 14.1. The van der Waals surface area contributed by atoms with E-state index in [9.17, 15) is 18.0 Å². The van der Waals surface area contributed by atoms with Gasteiger partial charge >= 0.3 is 0 Å². The van der Waals surface area contributed by atoms with Crippen LogP contribution in [0.25, 0.3) is 0 Å². The van der Waals surface area contributed by atoms with E-state index in [0.717, 1.165) is 22.7 Å². The van der Waals surface area contributed by atoms with E-state index in [-0.39, 0.29) is 23.4 Å². The van der Waals surface area contributed by atoms with E-state index in [0.29, 0.717) is 22.7 Å². The zero-order valence-electron chi connectivity index (χ0n) is 23.5. The van der Waals surface area contributed by atoms with Crippen molar-refractivity contribution in [2.45, 2.75) is 70.5 Å². The quantitative estimate of drug-likeness (QED) is 0.275. The maximum Gasteiger partial charge on any atom is 0.264 e. The van der Waals surface area contributed by atoms with Crippen LogP contribution < -0.4 is 9.62 Å². The van der Waals surface area contributed by atoms with Crippen LogP contribution in [-0.2, 0) is 32.6 Å². The summed E-state index contributed by atoms with van der Waals surface area (Å²) >= 11 is 6.45. The molecule has 0 aliphatic rings. The van der Waals surface area contributed by atoms with Crippen molar-refractivity contribution < 1.29 is 18.0 Å². The van der Waals surface area contributed by atoms with Crippen LogP contribution in [0.3, 0.4) is 0 Å². The van der Waals surface area contributed by atoms with Gasteiger partial charge in [0.2, 0.25) is 11.8 Å². The third-order valence-electron chi connectivity index (χ3n) is 6.93. The Hall–Kier alpha value is -3.36. The van der Waals surface area contributed by atoms with Gasteiger partial charge in [0.05, 0.1) is 10.6 Å². The van der Waals surface area contributed by atoms with Crippen LogP contribution in [0.4, 0.5) is 5.69 Å². The molecule has 40 heavy (non-hydrogen) atoms. The number of halogens is 1. The van der Waals surface area contributed by atoms with Gasteiger partial charge in [-0.1, -0.05) is 80.9 Å². The van der Waals surface area contributed by atoms with E-state index in [1.807, 2.05) is 45.9 Å². The summed E-state index contributed by atoms with van der Waals surface area (Å²) in [7, 11) is -4.10. The Balaban J connectivity index is 2.06. The SMILES string of the molecule is CCc1ccc(N(CC(=O)N(Cc2ccccc2Cl)[C@@H](CC)C(=O)N[C@H](C)CC)S(=O)(=O)c2ccccc2)cc1. The zero-order chi connectivity index (χ0) is 29.3. The molecule has 0 aromatic heterocycles. The number of nitrogens with one attached hydrogen (secondary N) is 1. The van der Waals surface area contributed by atoms with E-state index in [1.165, 1.54) is 17.0 Å². The number of aryl methyl sites for hydroxylation is 1. The molecule has 3 aromatic carbocycles. The lowest BCUT2D eigenvalue weighted by Gasteiger charge is -2.34. The fraction of sp³-hybridized carbons (Fsp3) is 0.355. The third-order valence-corrected chi connectivity index (χ3v) is 9.08. The number of hydrogen-bond donors (Lipinski definition) is 1. The molecule has 0 saturated heterocycles. The lowest BCUT2D eigenvalue weighted by atomic mass is 10.1. The van der Waals surface area contributed by atoms with E-state index < -0.39 is 28.5 Å². The van der Waals surface area contributed by atoms with Gasteiger partial charge in [0, 0.05) is 17.6 Å². The molecule has 2 atom stereocenters. The maximum absolute atomic E-state index is 14.1. The largest absolute Gasteiger partial charge is 0.352 e. The van der Waals surface area contributed by atoms with Crippen molar-refractivity contribution in [2.24, 2.45) is 0 Å². The summed E-state index contributed by atoms with van der Waals surface area (Å²) < 4.78 is 28.9.